The first-order chi connectivity index (χ1) is 15.1. The molecule has 1 aliphatic carbocycles. The zero-order valence-electron chi connectivity index (χ0n) is 17.1. The summed E-state index contributed by atoms with van der Waals surface area (Å²) >= 11 is 1.33. The van der Waals surface area contributed by atoms with Crippen molar-refractivity contribution < 1.29 is 4.79 Å². The summed E-state index contributed by atoms with van der Waals surface area (Å²) < 4.78 is 1.60. The molecule has 1 fully saturated rings. The third-order valence-corrected chi connectivity index (χ3v) is 7.46. The van der Waals surface area contributed by atoms with Crippen LogP contribution in [0.2, 0.25) is 0 Å². The molecule has 0 radical (unpaired) electrons. The number of para-hydroxylation sites is 2. The van der Waals surface area contributed by atoms with Gasteiger partial charge in [-0.25, -0.2) is 4.98 Å². The molecule has 4 aromatic rings. The second kappa shape index (κ2) is 8.23. The summed E-state index contributed by atoms with van der Waals surface area (Å²) in [5.41, 5.74) is 8.33. The standard InChI is InChI=1S/C24H24N4O2S/c25-22(29)21(15-9-3-1-4-10-15)31-24-27-19-17-13-7-8-14-18(17)26-20(19)23(30)28(24)16-11-5-2-6-12-16/h2,5-8,11-15,21,26H,1,3-4,9-10H2,(H2,25,29). The quantitative estimate of drug-likeness (QED) is 0.361. The summed E-state index contributed by atoms with van der Waals surface area (Å²) in [5, 5.41) is 0.984. The van der Waals surface area contributed by atoms with Crippen molar-refractivity contribution in [2.75, 3.05) is 0 Å². The van der Waals surface area contributed by atoms with Gasteiger partial charge in [-0.3, -0.25) is 14.2 Å². The lowest BCUT2D eigenvalue weighted by atomic mass is 9.86. The van der Waals surface area contributed by atoms with E-state index in [-0.39, 0.29) is 17.4 Å². The van der Waals surface area contributed by atoms with Crippen LogP contribution in [-0.4, -0.2) is 25.7 Å². The number of thioether (sulfide) groups is 1. The van der Waals surface area contributed by atoms with Gasteiger partial charge in [-0.05, 0) is 37.0 Å². The number of nitrogens with two attached hydrogens (primary N) is 1. The minimum atomic E-state index is -0.412. The number of rotatable bonds is 5. The molecular formula is C24H24N4O2S. The van der Waals surface area contributed by atoms with Gasteiger partial charge in [0.2, 0.25) is 5.91 Å². The van der Waals surface area contributed by atoms with Crippen molar-refractivity contribution in [2.24, 2.45) is 11.7 Å². The lowest BCUT2D eigenvalue weighted by Crippen LogP contribution is -2.35. The second-order valence-corrected chi connectivity index (χ2v) is 9.21. The Morgan fingerprint density at radius 3 is 2.52 bits per heavy atom. The van der Waals surface area contributed by atoms with Crippen LogP contribution in [-0.2, 0) is 4.79 Å². The van der Waals surface area contributed by atoms with Gasteiger partial charge in [0.25, 0.3) is 5.56 Å². The Morgan fingerprint density at radius 1 is 1.06 bits per heavy atom. The second-order valence-electron chi connectivity index (χ2n) is 8.10. The summed E-state index contributed by atoms with van der Waals surface area (Å²) in [4.78, 5) is 34.2. The predicted octanol–water partition coefficient (Wildman–Crippen LogP) is 4.39. The highest BCUT2D eigenvalue weighted by Crippen LogP contribution is 2.36. The van der Waals surface area contributed by atoms with Crippen molar-refractivity contribution >= 4 is 39.6 Å². The molecule has 7 heteroatoms. The van der Waals surface area contributed by atoms with Gasteiger partial charge in [-0.15, -0.1) is 0 Å². The summed E-state index contributed by atoms with van der Waals surface area (Å²) in [6.07, 6.45) is 5.36. The van der Waals surface area contributed by atoms with Crippen molar-refractivity contribution in [3.8, 4) is 5.69 Å². The maximum Gasteiger partial charge on any atom is 0.283 e. The number of aromatic amines is 1. The van der Waals surface area contributed by atoms with Crippen molar-refractivity contribution in [1.82, 2.24) is 14.5 Å². The van der Waals surface area contributed by atoms with E-state index in [2.05, 4.69) is 4.98 Å². The van der Waals surface area contributed by atoms with Crippen LogP contribution in [0, 0.1) is 5.92 Å². The molecule has 0 saturated heterocycles. The Labute approximate surface area is 183 Å². The molecule has 0 spiro atoms. The van der Waals surface area contributed by atoms with E-state index in [4.69, 9.17) is 10.7 Å². The normalized spacial score (nSPS) is 16.0. The molecule has 1 atom stereocenters. The summed E-state index contributed by atoms with van der Waals surface area (Å²) in [7, 11) is 0. The number of fused-ring (bicyclic) bond motifs is 3. The van der Waals surface area contributed by atoms with Gasteiger partial charge in [0.15, 0.2) is 5.16 Å². The van der Waals surface area contributed by atoms with Gasteiger partial charge in [-0.2, -0.15) is 0 Å². The fourth-order valence-electron chi connectivity index (χ4n) is 4.56. The minimum absolute atomic E-state index is 0.179. The number of amides is 1. The number of aromatic nitrogens is 3. The van der Waals surface area contributed by atoms with Crippen LogP contribution in [0.3, 0.4) is 0 Å². The number of nitrogens with one attached hydrogen (secondary N) is 1. The van der Waals surface area contributed by atoms with Gasteiger partial charge < -0.3 is 10.7 Å². The van der Waals surface area contributed by atoms with Crippen LogP contribution in [0.1, 0.15) is 32.1 Å². The third kappa shape index (κ3) is 3.63. The van der Waals surface area contributed by atoms with E-state index in [0.29, 0.717) is 16.2 Å². The number of H-pyrrole nitrogens is 1. The molecule has 0 aliphatic heterocycles. The Hall–Kier alpha value is -3.06. The van der Waals surface area contributed by atoms with E-state index < -0.39 is 5.25 Å². The van der Waals surface area contributed by atoms with E-state index in [1.807, 2.05) is 54.6 Å². The largest absolute Gasteiger partial charge is 0.369 e. The van der Waals surface area contributed by atoms with Crippen molar-refractivity contribution in [1.29, 1.82) is 0 Å². The van der Waals surface area contributed by atoms with Gasteiger partial charge >= 0.3 is 0 Å². The molecule has 1 amide bonds. The van der Waals surface area contributed by atoms with Crippen LogP contribution in [0.25, 0.3) is 27.6 Å². The maximum atomic E-state index is 13.6. The molecule has 6 nitrogen and oxygen atoms in total. The molecule has 31 heavy (non-hydrogen) atoms. The average Bonchev–Trinajstić information content (AvgIpc) is 3.17. The number of benzene rings is 2. The zero-order valence-corrected chi connectivity index (χ0v) is 17.9. The van der Waals surface area contributed by atoms with Crippen molar-refractivity contribution in [3.05, 3.63) is 65.0 Å². The number of carbonyl (C=O) groups excluding carboxylic acids is 1. The first-order valence-corrected chi connectivity index (χ1v) is 11.6. The number of carbonyl (C=O) groups is 1. The number of hydrogen-bond donors (Lipinski definition) is 2. The first-order valence-electron chi connectivity index (χ1n) is 10.7. The molecule has 2 aromatic heterocycles. The van der Waals surface area contributed by atoms with E-state index in [1.54, 1.807) is 4.57 Å². The zero-order chi connectivity index (χ0) is 21.4. The number of nitrogens with zero attached hydrogens (tertiary/aromatic N) is 2. The van der Waals surface area contributed by atoms with Crippen molar-refractivity contribution in [3.63, 3.8) is 0 Å². The fraction of sp³-hybridized carbons (Fsp3) is 0.292. The Balaban J connectivity index is 1.72. The average molecular weight is 433 g/mol. The van der Waals surface area contributed by atoms with Crippen LogP contribution < -0.4 is 11.3 Å². The summed E-state index contributed by atoms with van der Waals surface area (Å²) in [5.74, 6) is -0.138. The number of primary amides is 1. The van der Waals surface area contributed by atoms with E-state index in [0.717, 1.165) is 42.3 Å². The monoisotopic (exact) mass is 432 g/mol. The van der Waals surface area contributed by atoms with Crippen LogP contribution in [0.4, 0.5) is 0 Å². The predicted molar refractivity (Wildman–Crippen MR) is 125 cm³/mol. The Kier molecular flexibility index (Phi) is 5.28. The van der Waals surface area contributed by atoms with Gasteiger partial charge in [-0.1, -0.05) is 67.4 Å². The molecule has 2 heterocycles. The lowest BCUT2D eigenvalue weighted by molar-refractivity contribution is -0.118. The van der Waals surface area contributed by atoms with E-state index >= 15 is 0 Å². The van der Waals surface area contributed by atoms with E-state index in [1.165, 1.54) is 18.2 Å². The molecule has 3 N–H and O–H groups in total. The van der Waals surface area contributed by atoms with Gasteiger partial charge in [0.1, 0.15) is 11.0 Å². The first kappa shape index (κ1) is 19.9. The SMILES string of the molecule is NC(=O)C(Sc1nc2c([nH]c3ccccc32)c(=O)n1-c1ccccc1)C1CCCCC1. The van der Waals surface area contributed by atoms with Crippen molar-refractivity contribution in [2.45, 2.75) is 42.5 Å². The maximum absolute atomic E-state index is 13.6. The highest BCUT2D eigenvalue weighted by atomic mass is 32.2. The summed E-state index contributed by atoms with van der Waals surface area (Å²) in [6, 6.07) is 17.2. The lowest BCUT2D eigenvalue weighted by Gasteiger charge is -2.28. The smallest absolute Gasteiger partial charge is 0.283 e. The topological polar surface area (TPSA) is 93.8 Å². The molecule has 1 saturated carbocycles. The molecular weight excluding hydrogens is 408 g/mol. The van der Waals surface area contributed by atoms with Gasteiger partial charge in [0.05, 0.1) is 10.9 Å². The van der Waals surface area contributed by atoms with Gasteiger partial charge in [0, 0.05) is 10.9 Å². The summed E-state index contributed by atoms with van der Waals surface area (Å²) in [6.45, 7) is 0. The minimum Gasteiger partial charge on any atom is -0.369 e. The molecule has 0 bridgehead atoms. The highest BCUT2D eigenvalue weighted by molar-refractivity contribution is 8.00. The molecule has 158 valence electrons. The van der Waals surface area contributed by atoms with Crippen LogP contribution >= 0.6 is 11.8 Å². The Morgan fingerprint density at radius 2 is 1.77 bits per heavy atom. The third-order valence-electron chi connectivity index (χ3n) is 6.10. The molecule has 5 rings (SSSR count). The molecule has 1 aliphatic rings. The van der Waals surface area contributed by atoms with E-state index in [9.17, 15) is 9.59 Å². The molecule has 1 unspecified atom stereocenters. The number of hydrogen-bond acceptors (Lipinski definition) is 4. The van der Waals surface area contributed by atoms with Crippen LogP contribution in [0.15, 0.2) is 64.5 Å². The fourth-order valence-corrected chi connectivity index (χ4v) is 5.81. The van der Waals surface area contributed by atoms with Crippen LogP contribution in [0.5, 0.6) is 0 Å². The Bertz CT molecular complexity index is 1310. The molecule has 2 aromatic carbocycles. The highest BCUT2D eigenvalue weighted by Gasteiger charge is 2.31.